The van der Waals surface area contributed by atoms with Gasteiger partial charge in [-0.3, -0.25) is 4.79 Å². The highest BCUT2D eigenvalue weighted by atomic mass is 79.9. The Morgan fingerprint density at radius 2 is 1.94 bits per heavy atom. The van der Waals surface area contributed by atoms with Gasteiger partial charge >= 0.3 is 0 Å². The summed E-state index contributed by atoms with van der Waals surface area (Å²) in [4.78, 5) is 12.0. The van der Waals surface area contributed by atoms with Gasteiger partial charge in [0.25, 0.3) is 0 Å². The highest BCUT2D eigenvalue weighted by Gasteiger charge is 2.11. The molecule has 0 spiro atoms. The third-order valence-electron chi connectivity index (χ3n) is 2.55. The van der Waals surface area contributed by atoms with Gasteiger partial charge < -0.3 is 0 Å². The Bertz CT molecular complexity index is 598. The minimum atomic E-state index is -0.367. The molecule has 0 fully saturated rings. The van der Waals surface area contributed by atoms with E-state index in [1.54, 1.807) is 36.4 Å². The molecule has 1 nitrogen and oxygen atoms in total. The number of halogens is 3. The SMILES string of the molecule is O=C(Cc1ccccc1F)c1ccc(Br)c(Cl)c1. The third-order valence-corrected chi connectivity index (χ3v) is 3.78. The van der Waals surface area contributed by atoms with Crippen LogP contribution >= 0.6 is 27.5 Å². The standard InChI is InChI=1S/C14H9BrClFO/c15-11-6-5-10(7-12(11)16)14(18)8-9-3-1-2-4-13(9)17/h1-7H,8H2. The topological polar surface area (TPSA) is 17.1 Å². The molecule has 0 aliphatic heterocycles. The second kappa shape index (κ2) is 5.63. The van der Waals surface area contributed by atoms with E-state index in [2.05, 4.69) is 15.9 Å². The van der Waals surface area contributed by atoms with Crippen LogP contribution in [-0.2, 0) is 6.42 Å². The summed E-state index contributed by atoms with van der Waals surface area (Å²) >= 11 is 9.17. The number of Topliss-reactive ketones (excluding diaryl/α,β-unsaturated/α-hetero) is 1. The van der Waals surface area contributed by atoms with Gasteiger partial charge in [-0.15, -0.1) is 0 Å². The van der Waals surface area contributed by atoms with Crippen LogP contribution in [0.4, 0.5) is 4.39 Å². The van der Waals surface area contributed by atoms with Crippen molar-refractivity contribution in [3.8, 4) is 0 Å². The molecule has 0 aliphatic rings. The fourth-order valence-corrected chi connectivity index (χ4v) is 2.01. The van der Waals surface area contributed by atoms with Crippen molar-refractivity contribution in [3.63, 3.8) is 0 Å². The van der Waals surface area contributed by atoms with Crippen LogP contribution in [0.5, 0.6) is 0 Å². The number of carbonyl (C=O) groups excluding carboxylic acids is 1. The van der Waals surface area contributed by atoms with E-state index in [1.807, 2.05) is 0 Å². The van der Waals surface area contributed by atoms with Gasteiger partial charge in [-0.25, -0.2) is 4.39 Å². The third kappa shape index (κ3) is 2.98. The molecule has 0 aliphatic carbocycles. The first-order valence-electron chi connectivity index (χ1n) is 5.29. The largest absolute Gasteiger partial charge is 0.294 e. The van der Waals surface area contributed by atoms with Crippen molar-refractivity contribution in [1.82, 2.24) is 0 Å². The zero-order valence-corrected chi connectivity index (χ0v) is 11.6. The summed E-state index contributed by atoms with van der Waals surface area (Å²) in [5.41, 5.74) is 0.869. The maximum Gasteiger partial charge on any atom is 0.167 e. The highest BCUT2D eigenvalue weighted by molar-refractivity contribution is 9.10. The summed E-state index contributed by atoms with van der Waals surface area (Å²) in [5.74, 6) is -0.524. The van der Waals surface area contributed by atoms with Gasteiger partial charge in [0.1, 0.15) is 5.82 Å². The van der Waals surface area contributed by atoms with Crippen molar-refractivity contribution in [3.05, 3.63) is 68.9 Å². The Balaban J connectivity index is 2.22. The lowest BCUT2D eigenvalue weighted by molar-refractivity contribution is 0.0992. The van der Waals surface area contributed by atoms with Crippen molar-refractivity contribution in [2.24, 2.45) is 0 Å². The summed E-state index contributed by atoms with van der Waals surface area (Å²) < 4.78 is 14.2. The Morgan fingerprint density at radius 3 is 2.61 bits per heavy atom. The molecule has 0 unspecified atom stereocenters. The minimum Gasteiger partial charge on any atom is -0.294 e. The monoisotopic (exact) mass is 326 g/mol. The van der Waals surface area contributed by atoms with Crippen LogP contribution in [0, 0.1) is 5.82 Å². The first-order valence-corrected chi connectivity index (χ1v) is 6.46. The molecule has 18 heavy (non-hydrogen) atoms. The molecule has 2 rings (SSSR count). The van der Waals surface area contributed by atoms with Gasteiger partial charge in [-0.2, -0.15) is 0 Å². The summed E-state index contributed by atoms with van der Waals surface area (Å²) in [6.45, 7) is 0. The van der Waals surface area contributed by atoms with Crippen LogP contribution in [0.25, 0.3) is 0 Å². The van der Waals surface area contributed by atoms with Gasteiger partial charge in [0.2, 0.25) is 0 Å². The quantitative estimate of drug-likeness (QED) is 0.749. The number of hydrogen-bond donors (Lipinski definition) is 0. The summed E-state index contributed by atoms with van der Waals surface area (Å²) in [7, 11) is 0. The van der Waals surface area contributed by atoms with Crippen LogP contribution in [0.2, 0.25) is 5.02 Å². The smallest absolute Gasteiger partial charge is 0.167 e. The average Bonchev–Trinajstić information content (AvgIpc) is 2.35. The van der Waals surface area contributed by atoms with E-state index in [9.17, 15) is 9.18 Å². The highest BCUT2D eigenvalue weighted by Crippen LogP contribution is 2.24. The fourth-order valence-electron chi connectivity index (χ4n) is 1.59. The predicted molar refractivity (Wildman–Crippen MR) is 73.6 cm³/mol. The second-order valence-corrected chi connectivity index (χ2v) is 5.08. The first-order chi connectivity index (χ1) is 8.58. The van der Waals surface area contributed by atoms with E-state index in [4.69, 9.17) is 11.6 Å². The van der Waals surface area contributed by atoms with Crippen LogP contribution in [0.1, 0.15) is 15.9 Å². The van der Waals surface area contributed by atoms with Crippen molar-refractivity contribution >= 4 is 33.3 Å². The van der Waals surface area contributed by atoms with Gasteiger partial charge in [0.15, 0.2) is 5.78 Å². The molecule has 0 saturated carbocycles. The van der Waals surface area contributed by atoms with Crippen LogP contribution in [0.3, 0.4) is 0 Å². The molecular formula is C14H9BrClFO. The van der Waals surface area contributed by atoms with Crippen LogP contribution in [-0.4, -0.2) is 5.78 Å². The number of ketones is 1. The van der Waals surface area contributed by atoms with E-state index >= 15 is 0 Å². The maximum absolute atomic E-state index is 13.4. The summed E-state index contributed by atoms with van der Waals surface area (Å²) in [6, 6.07) is 11.2. The lowest BCUT2D eigenvalue weighted by atomic mass is 10.0. The minimum absolute atomic E-state index is 0.0324. The molecule has 0 radical (unpaired) electrons. The molecular weight excluding hydrogens is 319 g/mol. The lowest BCUT2D eigenvalue weighted by Crippen LogP contribution is -2.05. The lowest BCUT2D eigenvalue weighted by Gasteiger charge is -2.04. The van der Waals surface area contributed by atoms with Gasteiger partial charge in [0.05, 0.1) is 5.02 Å². The molecule has 2 aromatic carbocycles. The van der Waals surface area contributed by atoms with E-state index in [0.29, 0.717) is 16.1 Å². The first kappa shape index (κ1) is 13.2. The Morgan fingerprint density at radius 1 is 1.22 bits per heavy atom. The molecule has 0 aromatic heterocycles. The van der Waals surface area contributed by atoms with Crippen molar-refractivity contribution in [2.45, 2.75) is 6.42 Å². The van der Waals surface area contributed by atoms with Crippen molar-refractivity contribution in [2.75, 3.05) is 0 Å². The summed E-state index contributed by atoms with van der Waals surface area (Å²) in [6.07, 6.45) is 0.0324. The molecule has 0 heterocycles. The van der Waals surface area contributed by atoms with Crippen LogP contribution < -0.4 is 0 Å². The predicted octanol–water partition coefficient (Wildman–Crippen LogP) is 4.67. The van der Waals surface area contributed by atoms with E-state index in [1.165, 1.54) is 6.07 Å². The zero-order chi connectivity index (χ0) is 13.1. The Kier molecular flexibility index (Phi) is 4.15. The van der Waals surface area contributed by atoms with Gasteiger partial charge in [-0.05, 0) is 39.7 Å². The fraction of sp³-hybridized carbons (Fsp3) is 0.0714. The van der Waals surface area contributed by atoms with Gasteiger partial charge in [0, 0.05) is 16.5 Å². The van der Waals surface area contributed by atoms with E-state index in [-0.39, 0.29) is 18.0 Å². The van der Waals surface area contributed by atoms with Gasteiger partial charge in [-0.1, -0.05) is 35.9 Å². The maximum atomic E-state index is 13.4. The zero-order valence-electron chi connectivity index (χ0n) is 9.29. The Hall–Kier alpha value is -1.19. The molecule has 0 N–H and O–H groups in total. The number of hydrogen-bond acceptors (Lipinski definition) is 1. The summed E-state index contributed by atoms with van der Waals surface area (Å²) in [5, 5.41) is 0.467. The number of carbonyl (C=O) groups is 1. The van der Waals surface area contributed by atoms with E-state index in [0.717, 1.165) is 4.47 Å². The Labute approximate surface area is 118 Å². The second-order valence-electron chi connectivity index (χ2n) is 3.82. The van der Waals surface area contributed by atoms with E-state index < -0.39 is 0 Å². The molecule has 92 valence electrons. The average molecular weight is 328 g/mol. The molecule has 0 amide bonds. The molecule has 4 heteroatoms. The molecule has 2 aromatic rings. The molecule has 0 saturated heterocycles. The van der Waals surface area contributed by atoms with Crippen molar-refractivity contribution in [1.29, 1.82) is 0 Å². The van der Waals surface area contributed by atoms with Crippen molar-refractivity contribution < 1.29 is 9.18 Å². The normalized spacial score (nSPS) is 10.4. The molecule has 0 bridgehead atoms. The number of rotatable bonds is 3. The molecule has 0 atom stereocenters. The van der Waals surface area contributed by atoms with Crippen LogP contribution in [0.15, 0.2) is 46.9 Å². The number of benzene rings is 2.